The summed E-state index contributed by atoms with van der Waals surface area (Å²) in [4.78, 5) is 0. The van der Waals surface area contributed by atoms with Crippen molar-refractivity contribution in [2.75, 3.05) is 0 Å². The summed E-state index contributed by atoms with van der Waals surface area (Å²) in [5.41, 5.74) is 0. The number of rotatable bonds is 35. The standard InChI is InChI=1S/C40H81.Al.2H/c1-5-7-9-11-13-15-17-19-21-23-25-27-29-31-33-35-37-40(39(3)4)38-36-34-32-30-28-26-24-22-20-18-16-14-12-10-8-6-2;;;/h39H,5-38H2,1-4H3;;;. The van der Waals surface area contributed by atoms with Crippen LogP contribution in [0.5, 0.6) is 0 Å². The lowest BCUT2D eigenvalue weighted by Crippen LogP contribution is -2.20. The number of hydrogen-bond donors (Lipinski definition) is 0. The van der Waals surface area contributed by atoms with Gasteiger partial charge in [-0.05, 0) is 0 Å². The van der Waals surface area contributed by atoms with Crippen LogP contribution in [0.4, 0.5) is 0 Å². The summed E-state index contributed by atoms with van der Waals surface area (Å²) in [7, 11) is 0. The molecule has 246 valence electrons. The second kappa shape index (κ2) is 33.4. The molecule has 0 fully saturated rings. The Morgan fingerprint density at radius 2 is 0.488 bits per heavy atom. The smallest absolute Gasteiger partial charge is 0.0774 e. The molecule has 0 nitrogen and oxygen atoms in total. The molecule has 1 heteroatoms. The van der Waals surface area contributed by atoms with Crippen LogP contribution in [0.3, 0.4) is 0 Å². The Balaban J connectivity index is 3.50. The minimum atomic E-state index is 0.714. The fourth-order valence-corrected chi connectivity index (χ4v) is 7.56. The second-order valence-electron chi connectivity index (χ2n) is 14.9. The highest BCUT2D eigenvalue weighted by molar-refractivity contribution is 6.15. The molecule has 0 aliphatic carbocycles. The first-order valence-corrected chi connectivity index (χ1v) is 21.1. The SMILES string of the molecule is CCCCCCCCCCCCCCCCCC[C]([AlH2])(CCCCCCCCCCCCCCCCCC)C(C)C. The fraction of sp³-hybridized carbons (Fsp3) is 1.00. The van der Waals surface area contributed by atoms with Crippen LogP contribution < -0.4 is 0 Å². The molecule has 0 aliphatic heterocycles. The Morgan fingerprint density at radius 3 is 0.659 bits per heavy atom. The second-order valence-corrected chi connectivity index (χ2v) is 16.9. The summed E-state index contributed by atoms with van der Waals surface area (Å²) in [6.45, 7) is 9.66. The first kappa shape index (κ1) is 41.5. The van der Waals surface area contributed by atoms with E-state index in [2.05, 4.69) is 27.7 Å². The lowest BCUT2D eigenvalue weighted by atomic mass is 9.84. The van der Waals surface area contributed by atoms with Gasteiger partial charge in [0.05, 0.1) is 0 Å². The quantitative estimate of drug-likeness (QED) is 0.0508. The van der Waals surface area contributed by atoms with Gasteiger partial charge in [0.1, 0.15) is 0 Å². The summed E-state index contributed by atoms with van der Waals surface area (Å²) < 4.78 is 0.714. The van der Waals surface area contributed by atoms with E-state index in [0.29, 0.717) is 4.28 Å². The number of unbranched alkanes of at least 4 members (excludes halogenated alkanes) is 30. The predicted molar refractivity (Wildman–Crippen MR) is 194 cm³/mol. The van der Waals surface area contributed by atoms with Gasteiger partial charge in [-0.25, -0.2) is 0 Å². The van der Waals surface area contributed by atoms with Crippen LogP contribution in [0.15, 0.2) is 0 Å². The van der Waals surface area contributed by atoms with Crippen molar-refractivity contribution in [3.8, 4) is 0 Å². The van der Waals surface area contributed by atoms with E-state index in [4.69, 9.17) is 0 Å². The molecule has 0 amide bonds. The molecule has 0 N–H and O–H groups in total. The predicted octanol–water partition coefficient (Wildman–Crippen LogP) is 14.7. The molecule has 0 heterocycles. The van der Waals surface area contributed by atoms with E-state index in [0.717, 1.165) is 5.92 Å². The van der Waals surface area contributed by atoms with Gasteiger partial charge < -0.3 is 0 Å². The highest BCUT2D eigenvalue weighted by Gasteiger charge is 2.26. The molecule has 0 bridgehead atoms. The molecule has 0 unspecified atom stereocenters. The summed E-state index contributed by atoms with van der Waals surface area (Å²) in [5.74, 6) is 0.891. The molecular weight excluding hydrogens is 507 g/mol. The molecule has 0 aromatic rings. The molecule has 0 aliphatic rings. The van der Waals surface area contributed by atoms with Crippen LogP contribution in [0.1, 0.15) is 246 Å². The molecule has 0 saturated carbocycles. The third-order valence-electron chi connectivity index (χ3n) is 10.6. The van der Waals surface area contributed by atoms with Gasteiger partial charge in [-0.1, -0.05) is 256 Å². The third-order valence-corrected chi connectivity index (χ3v) is 12.8. The molecular formula is C40H83Al. The van der Waals surface area contributed by atoms with Gasteiger partial charge in [-0.15, -0.1) is 0 Å². The van der Waals surface area contributed by atoms with Crippen molar-refractivity contribution >= 4 is 16.3 Å². The molecule has 0 aromatic heterocycles. The third kappa shape index (κ3) is 30.3. The Bertz CT molecular complexity index is 433. The highest BCUT2D eigenvalue weighted by Crippen LogP contribution is 2.43. The van der Waals surface area contributed by atoms with Crippen LogP contribution >= 0.6 is 0 Å². The van der Waals surface area contributed by atoms with E-state index in [1.54, 1.807) is 0 Å². The Hall–Kier alpha value is 0.532. The van der Waals surface area contributed by atoms with Crippen molar-refractivity contribution in [2.24, 2.45) is 5.92 Å². The van der Waals surface area contributed by atoms with Gasteiger partial charge in [0.2, 0.25) is 16.3 Å². The normalized spacial score (nSPS) is 12.1. The molecule has 0 radical (unpaired) electrons. The molecule has 41 heavy (non-hydrogen) atoms. The van der Waals surface area contributed by atoms with E-state index >= 15 is 0 Å². The zero-order valence-corrected chi connectivity index (χ0v) is 32.1. The van der Waals surface area contributed by atoms with Gasteiger partial charge in [0.25, 0.3) is 0 Å². The molecule has 0 spiro atoms. The zero-order chi connectivity index (χ0) is 30.1. The fourth-order valence-electron chi connectivity index (χ4n) is 6.86. The van der Waals surface area contributed by atoms with E-state index in [-0.39, 0.29) is 0 Å². The topological polar surface area (TPSA) is 0 Å². The molecule has 0 aromatic carbocycles. The van der Waals surface area contributed by atoms with Gasteiger partial charge in [0.15, 0.2) is 0 Å². The van der Waals surface area contributed by atoms with Crippen molar-refractivity contribution in [1.82, 2.24) is 0 Å². The van der Waals surface area contributed by atoms with Crippen molar-refractivity contribution in [3.05, 3.63) is 0 Å². The van der Waals surface area contributed by atoms with Gasteiger partial charge >= 0.3 is 0 Å². The largest absolute Gasteiger partial charge is 0.221 e. The highest BCUT2D eigenvalue weighted by atomic mass is 27.0. The summed E-state index contributed by atoms with van der Waals surface area (Å²) in [5, 5.41) is 0. The first-order chi connectivity index (χ1) is 20.1. The molecule has 0 atom stereocenters. The van der Waals surface area contributed by atoms with E-state index in [9.17, 15) is 0 Å². The van der Waals surface area contributed by atoms with Crippen LogP contribution in [0, 0.1) is 5.92 Å². The maximum atomic E-state index is 2.52. The Labute approximate surface area is 271 Å². The van der Waals surface area contributed by atoms with Crippen molar-refractivity contribution < 1.29 is 0 Å². The molecule has 0 rings (SSSR count). The van der Waals surface area contributed by atoms with E-state index in [1.165, 1.54) is 235 Å². The average molecular weight is 591 g/mol. The molecule has 0 saturated heterocycles. The lowest BCUT2D eigenvalue weighted by molar-refractivity contribution is 0.334. The average Bonchev–Trinajstić information content (AvgIpc) is 2.96. The van der Waals surface area contributed by atoms with Gasteiger partial charge in [-0.2, -0.15) is 0 Å². The lowest BCUT2D eigenvalue weighted by Gasteiger charge is -2.35. The zero-order valence-electron chi connectivity index (χ0n) is 30.1. The summed E-state index contributed by atoms with van der Waals surface area (Å²) in [6, 6.07) is 0. The first-order valence-electron chi connectivity index (χ1n) is 20.1. The maximum Gasteiger partial charge on any atom is 0.221 e. The van der Waals surface area contributed by atoms with Crippen LogP contribution in [0.25, 0.3) is 0 Å². The van der Waals surface area contributed by atoms with Crippen LogP contribution in [0.2, 0.25) is 4.28 Å². The maximum absolute atomic E-state index is 2.52. The monoisotopic (exact) mass is 591 g/mol. The van der Waals surface area contributed by atoms with E-state index in [1.807, 2.05) is 0 Å². The summed E-state index contributed by atoms with van der Waals surface area (Å²) >= 11 is 1.39. The van der Waals surface area contributed by atoms with Gasteiger partial charge in [0, 0.05) is 0 Å². The minimum absolute atomic E-state index is 0.714. The van der Waals surface area contributed by atoms with Crippen LogP contribution in [-0.2, 0) is 0 Å². The van der Waals surface area contributed by atoms with Crippen LogP contribution in [-0.4, -0.2) is 16.3 Å². The van der Waals surface area contributed by atoms with E-state index < -0.39 is 0 Å². The number of hydrogen-bond acceptors (Lipinski definition) is 0. The van der Waals surface area contributed by atoms with Crippen molar-refractivity contribution in [1.29, 1.82) is 0 Å². The van der Waals surface area contributed by atoms with Crippen molar-refractivity contribution in [3.63, 3.8) is 0 Å². The summed E-state index contributed by atoms with van der Waals surface area (Å²) in [6.07, 6.45) is 50.4. The van der Waals surface area contributed by atoms with Gasteiger partial charge in [-0.3, -0.25) is 0 Å². The minimum Gasteiger partial charge on any atom is -0.0774 e. The Morgan fingerprint density at radius 1 is 0.317 bits per heavy atom. The Kier molecular flexibility index (Phi) is 33.9. The van der Waals surface area contributed by atoms with Crippen molar-refractivity contribution in [2.45, 2.75) is 250 Å².